The molecule has 1 aromatic rings. The van der Waals surface area contributed by atoms with Crippen molar-refractivity contribution in [3.8, 4) is 17.2 Å². The van der Waals surface area contributed by atoms with Crippen LogP contribution >= 0.6 is 0 Å². The third-order valence-corrected chi connectivity index (χ3v) is 3.30. The summed E-state index contributed by atoms with van der Waals surface area (Å²) in [4.78, 5) is 0. The quantitative estimate of drug-likeness (QED) is 0.799. The standard InChI is InChI=1S/C16H25NO4/c1-11(2)7-17-8-13-5-15-16(21-10-20-15)6-14(13)19-9-12(3)18-4/h5-6,11-12,17H,7-10H2,1-4H3. The number of nitrogens with one attached hydrogen (secondary N) is 1. The molecule has 1 aliphatic heterocycles. The summed E-state index contributed by atoms with van der Waals surface area (Å²) in [5.74, 6) is 2.95. The number of rotatable bonds is 8. The number of hydrogen-bond acceptors (Lipinski definition) is 5. The zero-order valence-electron chi connectivity index (χ0n) is 13.3. The maximum absolute atomic E-state index is 5.87. The molecule has 0 aromatic heterocycles. The summed E-state index contributed by atoms with van der Waals surface area (Å²) in [6.07, 6.45) is 0.0481. The molecule has 2 rings (SSSR count). The lowest BCUT2D eigenvalue weighted by molar-refractivity contribution is 0.0712. The van der Waals surface area contributed by atoms with Gasteiger partial charge in [0.15, 0.2) is 11.5 Å². The fraction of sp³-hybridized carbons (Fsp3) is 0.625. The van der Waals surface area contributed by atoms with E-state index in [1.54, 1.807) is 7.11 Å². The van der Waals surface area contributed by atoms with Gasteiger partial charge in [-0.25, -0.2) is 0 Å². The Balaban J connectivity index is 2.07. The molecule has 1 atom stereocenters. The maximum atomic E-state index is 5.87. The molecule has 0 spiro atoms. The van der Waals surface area contributed by atoms with E-state index in [0.717, 1.165) is 35.9 Å². The van der Waals surface area contributed by atoms with Crippen LogP contribution in [0.1, 0.15) is 26.3 Å². The number of ether oxygens (including phenoxy) is 4. The van der Waals surface area contributed by atoms with Crippen molar-refractivity contribution >= 4 is 0 Å². The van der Waals surface area contributed by atoms with Crippen LogP contribution in [0.5, 0.6) is 17.2 Å². The first kappa shape index (κ1) is 15.9. The minimum Gasteiger partial charge on any atom is -0.490 e. The lowest BCUT2D eigenvalue weighted by atomic mass is 10.1. The molecular formula is C16H25NO4. The van der Waals surface area contributed by atoms with Crippen LogP contribution in [0, 0.1) is 5.92 Å². The Morgan fingerprint density at radius 1 is 1.19 bits per heavy atom. The highest BCUT2D eigenvalue weighted by Gasteiger charge is 2.18. The maximum Gasteiger partial charge on any atom is 0.231 e. The minimum absolute atomic E-state index is 0.0481. The predicted molar refractivity (Wildman–Crippen MR) is 81.1 cm³/mol. The van der Waals surface area contributed by atoms with Crippen molar-refractivity contribution in [2.24, 2.45) is 5.92 Å². The largest absolute Gasteiger partial charge is 0.490 e. The average Bonchev–Trinajstić information content (AvgIpc) is 2.91. The smallest absolute Gasteiger partial charge is 0.231 e. The van der Waals surface area contributed by atoms with Gasteiger partial charge in [-0.2, -0.15) is 0 Å². The van der Waals surface area contributed by atoms with E-state index < -0.39 is 0 Å². The Hall–Kier alpha value is -1.46. The average molecular weight is 295 g/mol. The molecule has 21 heavy (non-hydrogen) atoms. The summed E-state index contributed by atoms with van der Waals surface area (Å²) in [5.41, 5.74) is 1.07. The van der Waals surface area contributed by atoms with Crippen LogP contribution in [0.3, 0.4) is 0 Å². The van der Waals surface area contributed by atoms with Crippen molar-refractivity contribution < 1.29 is 18.9 Å². The van der Waals surface area contributed by atoms with Crippen molar-refractivity contribution in [3.05, 3.63) is 17.7 Å². The number of fused-ring (bicyclic) bond motifs is 1. The number of methoxy groups -OCH3 is 1. The summed E-state index contributed by atoms with van der Waals surface area (Å²) in [6.45, 7) is 8.83. The molecule has 0 radical (unpaired) electrons. The molecule has 1 unspecified atom stereocenters. The van der Waals surface area contributed by atoms with Crippen LogP contribution in [0.25, 0.3) is 0 Å². The van der Waals surface area contributed by atoms with Gasteiger partial charge in [0.25, 0.3) is 0 Å². The van der Waals surface area contributed by atoms with Crippen LogP contribution in [0.4, 0.5) is 0 Å². The zero-order chi connectivity index (χ0) is 15.2. The summed E-state index contributed by atoms with van der Waals surface area (Å²) < 4.78 is 21.9. The monoisotopic (exact) mass is 295 g/mol. The Morgan fingerprint density at radius 3 is 2.57 bits per heavy atom. The van der Waals surface area contributed by atoms with Gasteiger partial charge < -0.3 is 24.3 Å². The van der Waals surface area contributed by atoms with E-state index in [-0.39, 0.29) is 12.9 Å². The van der Waals surface area contributed by atoms with Gasteiger partial charge in [0.1, 0.15) is 12.4 Å². The third kappa shape index (κ3) is 4.51. The Morgan fingerprint density at radius 2 is 1.90 bits per heavy atom. The second-order valence-corrected chi connectivity index (χ2v) is 5.70. The van der Waals surface area contributed by atoms with Crippen LogP contribution in [-0.4, -0.2) is 33.2 Å². The molecule has 1 aromatic carbocycles. The topological polar surface area (TPSA) is 49.0 Å². The highest BCUT2D eigenvalue weighted by molar-refractivity contribution is 5.51. The second kappa shape index (κ2) is 7.52. The van der Waals surface area contributed by atoms with E-state index in [4.69, 9.17) is 18.9 Å². The highest BCUT2D eigenvalue weighted by atomic mass is 16.7. The minimum atomic E-state index is 0.0481. The first-order valence-corrected chi connectivity index (χ1v) is 7.39. The Kier molecular flexibility index (Phi) is 5.70. The van der Waals surface area contributed by atoms with E-state index >= 15 is 0 Å². The molecule has 0 saturated carbocycles. The van der Waals surface area contributed by atoms with Crippen LogP contribution in [0.15, 0.2) is 12.1 Å². The lowest BCUT2D eigenvalue weighted by Crippen LogP contribution is -2.20. The van der Waals surface area contributed by atoms with Crippen molar-refractivity contribution in [1.29, 1.82) is 0 Å². The zero-order valence-corrected chi connectivity index (χ0v) is 13.3. The van der Waals surface area contributed by atoms with E-state index in [1.165, 1.54) is 0 Å². The summed E-state index contributed by atoms with van der Waals surface area (Å²) in [7, 11) is 1.68. The fourth-order valence-corrected chi connectivity index (χ4v) is 2.01. The predicted octanol–water partition coefficient (Wildman–Crippen LogP) is 2.57. The molecule has 0 saturated heterocycles. The van der Waals surface area contributed by atoms with Crippen molar-refractivity contribution in [1.82, 2.24) is 5.32 Å². The molecule has 0 amide bonds. The first-order valence-electron chi connectivity index (χ1n) is 7.39. The third-order valence-electron chi connectivity index (χ3n) is 3.30. The molecule has 1 aliphatic rings. The van der Waals surface area contributed by atoms with E-state index in [1.807, 2.05) is 19.1 Å². The van der Waals surface area contributed by atoms with Gasteiger partial charge in [0, 0.05) is 25.3 Å². The molecule has 0 bridgehead atoms. The van der Waals surface area contributed by atoms with Gasteiger partial charge >= 0.3 is 0 Å². The van der Waals surface area contributed by atoms with Crippen LogP contribution in [-0.2, 0) is 11.3 Å². The van der Waals surface area contributed by atoms with E-state index in [9.17, 15) is 0 Å². The molecule has 5 heteroatoms. The van der Waals surface area contributed by atoms with Gasteiger partial charge in [-0.15, -0.1) is 0 Å². The van der Waals surface area contributed by atoms with Gasteiger partial charge in [-0.1, -0.05) is 13.8 Å². The van der Waals surface area contributed by atoms with E-state index in [2.05, 4.69) is 19.2 Å². The van der Waals surface area contributed by atoms with Crippen LogP contribution < -0.4 is 19.5 Å². The second-order valence-electron chi connectivity index (χ2n) is 5.70. The lowest BCUT2D eigenvalue weighted by Gasteiger charge is -2.16. The first-order chi connectivity index (χ1) is 10.1. The molecule has 5 nitrogen and oxygen atoms in total. The molecule has 118 valence electrons. The Bertz CT molecular complexity index is 462. The summed E-state index contributed by atoms with van der Waals surface area (Å²) >= 11 is 0. The molecule has 0 aliphatic carbocycles. The van der Waals surface area contributed by atoms with Crippen molar-refractivity contribution in [2.45, 2.75) is 33.4 Å². The number of hydrogen-bond donors (Lipinski definition) is 1. The van der Waals surface area contributed by atoms with Crippen LogP contribution in [0.2, 0.25) is 0 Å². The van der Waals surface area contributed by atoms with E-state index in [0.29, 0.717) is 12.5 Å². The summed E-state index contributed by atoms with van der Waals surface area (Å²) in [5, 5.41) is 3.43. The summed E-state index contributed by atoms with van der Waals surface area (Å²) in [6, 6.07) is 3.89. The van der Waals surface area contributed by atoms with Gasteiger partial charge in [0.05, 0.1) is 6.10 Å². The van der Waals surface area contributed by atoms with Gasteiger partial charge in [0.2, 0.25) is 6.79 Å². The van der Waals surface area contributed by atoms with Crippen molar-refractivity contribution in [3.63, 3.8) is 0 Å². The van der Waals surface area contributed by atoms with Gasteiger partial charge in [-0.3, -0.25) is 0 Å². The molecule has 1 heterocycles. The Labute approximate surface area is 126 Å². The molecular weight excluding hydrogens is 270 g/mol. The highest BCUT2D eigenvalue weighted by Crippen LogP contribution is 2.38. The molecule has 0 fully saturated rings. The SMILES string of the molecule is COC(C)COc1cc2c(cc1CNCC(C)C)OCO2. The molecule has 1 N–H and O–H groups in total. The van der Waals surface area contributed by atoms with Gasteiger partial charge in [-0.05, 0) is 25.5 Å². The van der Waals surface area contributed by atoms with Crippen molar-refractivity contribution in [2.75, 3.05) is 27.1 Å². The fourth-order valence-electron chi connectivity index (χ4n) is 2.01. The normalized spacial score (nSPS) is 14.5. The number of benzene rings is 1.